The van der Waals surface area contributed by atoms with E-state index in [1.165, 1.54) is 0 Å². The number of aliphatic hydroxyl groups is 1. The number of aliphatic hydroxyl groups excluding tert-OH is 1. The molecule has 9 heteroatoms. The van der Waals surface area contributed by atoms with Crippen molar-refractivity contribution in [3.8, 4) is 22.9 Å². The molecular weight excluding hydrogens is 414 g/mol. The quantitative estimate of drug-likeness (QED) is 0.365. The largest absolute Gasteiger partial charge is 0.458 e. The number of pyridine rings is 2. The Kier molecular flexibility index (Phi) is 4.24. The van der Waals surface area contributed by atoms with Crippen molar-refractivity contribution >= 4 is 16.9 Å². The first kappa shape index (κ1) is 19.3. The van der Waals surface area contributed by atoms with Crippen molar-refractivity contribution in [2.45, 2.75) is 38.5 Å². The number of aryl methyl sites for hydroxylation is 1. The van der Waals surface area contributed by atoms with Crippen molar-refractivity contribution in [3.05, 3.63) is 50.8 Å². The fourth-order valence-corrected chi connectivity index (χ4v) is 4.83. The summed E-state index contributed by atoms with van der Waals surface area (Å²) in [5.74, 6) is 0.569. The number of rotatable bonds is 4. The average Bonchev–Trinajstić information content (AvgIpc) is 3.39. The zero-order valence-electron chi connectivity index (χ0n) is 17.2. The van der Waals surface area contributed by atoms with Crippen LogP contribution in [0.5, 0.6) is 11.5 Å². The predicted molar refractivity (Wildman–Crippen MR) is 113 cm³/mol. The number of nitrogens with zero attached hydrogens (tertiary/aromatic N) is 2. The van der Waals surface area contributed by atoms with Gasteiger partial charge >= 0.3 is 5.97 Å². The number of hydrogen-bond acceptors (Lipinski definition) is 8. The maximum absolute atomic E-state index is 13.2. The molecule has 1 aromatic carbocycles. The molecule has 3 aliphatic heterocycles. The van der Waals surface area contributed by atoms with Crippen LogP contribution in [-0.2, 0) is 29.1 Å². The minimum Gasteiger partial charge on any atom is -0.458 e. The van der Waals surface area contributed by atoms with E-state index in [-0.39, 0.29) is 19.0 Å². The van der Waals surface area contributed by atoms with Gasteiger partial charge in [0.25, 0.3) is 5.56 Å². The maximum atomic E-state index is 13.2. The van der Waals surface area contributed by atoms with E-state index in [2.05, 4.69) is 0 Å². The number of nitrogens with two attached hydrogens (primary N) is 1. The van der Waals surface area contributed by atoms with Gasteiger partial charge in [0.1, 0.15) is 6.61 Å². The lowest BCUT2D eigenvalue weighted by molar-refractivity contribution is -0.157. The lowest BCUT2D eigenvalue weighted by Gasteiger charge is -2.21. The number of cyclic esters (lactones) is 1. The zero-order chi connectivity index (χ0) is 22.0. The molecule has 5 heterocycles. The van der Waals surface area contributed by atoms with Gasteiger partial charge in [-0.2, -0.15) is 0 Å². The van der Waals surface area contributed by atoms with E-state index in [1.54, 1.807) is 10.6 Å². The maximum Gasteiger partial charge on any atom is 0.340 e. The standard InChI is InChI=1S/C23H21N3O6/c24-4-2-1-3-11-12-6-18-19(32-10-31-18)7-16(12)25-20-14(11)8-26-17(20)5-13-15(22(26)28)9-30-23(29)21(13)27/h5-7,21,27H,1-4,8-10,24H2. The van der Waals surface area contributed by atoms with Crippen LogP contribution in [-0.4, -0.2) is 34.0 Å². The molecule has 3 N–H and O–H groups in total. The zero-order valence-corrected chi connectivity index (χ0v) is 17.2. The van der Waals surface area contributed by atoms with Crippen LogP contribution in [0.25, 0.3) is 22.3 Å². The molecule has 0 bridgehead atoms. The van der Waals surface area contributed by atoms with Gasteiger partial charge in [-0.3, -0.25) is 4.79 Å². The summed E-state index contributed by atoms with van der Waals surface area (Å²) in [4.78, 5) is 30.0. The van der Waals surface area contributed by atoms with Gasteiger partial charge in [0.05, 0.1) is 29.0 Å². The van der Waals surface area contributed by atoms with Crippen molar-refractivity contribution in [2.24, 2.45) is 5.73 Å². The molecule has 0 saturated carbocycles. The normalized spacial score (nSPS) is 17.8. The number of aromatic nitrogens is 2. The molecule has 3 aliphatic rings. The Morgan fingerprint density at radius 3 is 2.72 bits per heavy atom. The molecule has 6 rings (SSSR count). The van der Waals surface area contributed by atoms with Crippen LogP contribution in [0, 0.1) is 0 Å². The summed E-state index contributed by atoms with van der Waals surface area (Å²) in [5.41, 5.74) is 10.1. The second kappa shape index (κ2) is 7.04. The van der Waals surface area contributed by atoms with Gasteiger partial charge in [-0.1, -0.05) is 0 Å². The first-order chi connectivity index (χ1) is 15.6. The van der Waals surface area contributed by atoms with E-state index in [0.717, 1.165) is 41.3 Å². The van der Waals surface area contributed by atoms with E-state index in [0.29, 0.717) is 47.1 Å². The number of carbonyl (C=O) groups excluding carboxylic acids is 1. The summed E-state index contributed by atoms with van der Waals surface area (Å²) in [6.45, 7) is 1.01. The molecule has 3 aromatic rings. The van der Waals surface area contributed by atoms with Crippen molar-refractivity contribution < 1.29 is 24.1 Å². The molecule has 0 spiro atoms. The van der Waals surface area contributed by atoms with Crippen LogP contribution >= 0.6 is 0 Å². The minimum atomic E-state index is -1.47. The molecule has 0 fully saturated rings. The number of hydrogen-bond donors (Lipinski definition) is 2. The van der Waals surface area contributed by atoms with Crippen molar-refractivity contribution in [2.75, 3.05) is 13.3 Å². The van der Waals surface area contributed by atoms with E-state index in [9.17, 15) is 14.7 Å². The smallest absolute Gasteiger partial charge is 0.340 e. The molecule has 0 saturated heterocycles. The average molecular weight is 435 g/mol. The third-order valence-corrected chi connectivity index (χ3v) is 6.45. The third kappa shape index (κ3) is 2.68. The van der Waals surface area contributed by atoms with E-state index >= 15 is 0 Å². The number of ether oxygens (including phenoxy) is 3. The van der Waals surface area contributed by atoms with Crippen molar-refractivity contribution in [3.63, 3.8) is 0 Å². The molecule has 1 atom stereocenters. The van der Waals surface area contributed by atoms with Crippen molar-refractivity contribution in [1.29, 1.82) is 0 Å². The molecule has 164 valence electrons. The lowest BCUT2D eigenvalue weighted by Crippen LogP contribution is -2.32. The Balaban J connectivity index is 1.59. The minimum absolute atomic E-state index is 0.138. The monoisotopic (exact) mass is 435 g/mol. The lowest BCUT2D eigenvalue weighted by atomic mass is 9.95. The van der Waals surface area contributed by atoms with Crippen LogP contribution in [0.4, 0.5) is 0 Å². The number of unbranched alkanes of at least 4 members (excludes halogenated alkanes) is 1. The van der Waals surface area contributed by atoms with Gasteiger partial charge in [-0.25, -0.2) is 9.78 Å². The first-order valence-electron chi connectivity index (χ1n) is 10.6. The molecular formula is C23H21N3O6. The number of esters is 1. The Hall–Kier alpha value is -3.43. The van der Waals surface area contributed by atoms with Gasteiger partial charge in [-0.15, -0.1) is 0 Å². The van der Waals surface area contributed by atoms with Crippen LogP contribution in [0.3, 0.4) is 0 Å². The third-order valence-electron chi connectivity index (χ3n) is 6.45. The van der Waals surface area contributed by atoms with Gasteiger partial charge in [0.2, 0.25) is 6.79 Å². The summed E-state index contributed by atoms with van der Waals surface area (Å²) >= 11 is 0. The summed E-state index contributed by atoms with van der Waals surface area (Å²) < 4.78 is 17.7. The van der Waals surface area contributed by atoms with E-state index in [4.69, 9.17) is 24.9 Å². The Morgan fingerprint density at radius 2 is 1.91 bits per heavy atom. The van der Waals surface area contributed by atoms with Gasteiger partial charge < -0.3 is 29.6 Å². The van der Waals surface area contributed by atoms with E-state index in [1.807, 2.05) is 12.1 Å². The van der Waals surface area contributed by atoms with Crippen LogP contribution in [0.15, 0.2) is 23.0 Å². The molecule has 0 radical (unpaired) electrons. The molecule has 1 unspecified atom stereocenters. The Bertz CT molecular complexity index is 1360. The Morgan fingerprint density at radius 1 is 1.09 bits per heavy atom. The van der Waals surface area contributed by atoms with E-state index < -0.39 is 12.1 Å². The molecule has 0 amide bonds. The summed E-state index contributed by atoms with van der Waals surface area (Å²) in [6, 6.07) is 5.51. The van der Waals surface area contributed by atoms with Gasteiger partial charge in [-0.05, 0) is 43.5 Å². The van der Waals surface area contributed by atoms with Crippen molar-refractivity contribution in [1.82, 2.24) is 9.55 Å². The summed E-state index contributed by atoms with van der Waals surface area (Å²) in [5, 5.41) is 11.3. The SMILES string of the molecule is NCCCCc1c2c(nc3cc4c(cc13)OCO4)-c1cc3c(c(=O)n1C2)COC(=O)C3O. The number of benzene rings is 1. The van der Waals surface area contributed by atoms with Gasteiger partial charge in [0, 0.05) is 22.6 Å². The number of fused-ring (bicyclic) bond motifs is 6. The van der Waals surface area contributed by atoms with Crippen LogP contribution in [0.2, 0.25) is 0 Å². The first-order valence-corrected chi connectivity index (χ1v) is 10.6. The molecule has 0 aliphatic carbocycles. The number of carbonyl (C=O) groups is 1. The summed E-state index contributed by atoms with van der Waals surface area (Å²) in [6.07, 6.45) is 1.10. The van der Waals surface area contributed by atoms with Crippen LogP contribution < -0.4 is 20.8 Å². The topological polar surface area (TPSA) is 126 Å². The Labute approximate surface area is 182 Å². The second-order valence-electron chi connectivity index (χ2n) is 8.25. The predicted octanol–water partition coefficient (Wildman–Crippen LogP) is 1.53. The highest BCUT2D eigenvalue weighted by molar-refractivity contribution is 5.91. The highest BCUT2D eigenvalue weighted by atomic mass is 16.7. The van der Waals surface area contributed by atoms with Crippen LogP contribution in [0.1, 0.15) is 41.2 Å². The fraction of sp³-hybridized carbons (Fsp3) is 0.348. The molecule has 9 nitrogen and oxygen atoms in total. The molecule has 32 heavy (non-hydrogen) atoms. The second-order valence-corrected chi connectivity index (χ2v) is 8.25. The highest BCUT2D eigenvalue weighted by Crippen LogP contribution is 2.42. The summed E-state index contributed by atoms with van der Waals surface area (Å²) in [7, 11) is 0. The fourth-order valence-electron chi connectivity index (χ4n) is 4.83. The van der Waals surface area contributed by atoms with Gasteiger partial charge in [0.15, 0.2) is 17.6 Å². The highest BCUT2D eigenvalue weighted by Gasteiger charge is 2.34. The molecule has 2 aromatic heterocycles.